The summed E-state index contributed by atoms with van der Waals surface area (Å²) in [5.74, 6) is 0.663. The van der Waals surface area contributed by atoms with Crippen molar-refractivity contribution in [3.63, 3.8) is 0 Å². The molecule has 3 aromatic rings. The molecule has 1 aliphatic rings. The maximum absolute atomic E-state index is 13.2. The van der Waals surface area contributed by atoms with E-state index in [0.29, 0.717) is 16.7 Å². The summed E-state index contributed by atoms with van der Waals surface area (Å²) in [4.78, 5) is 17.9. The highest BCUT2D eigenvalue weighted by Gasteiger charge is 2.30. The highest BCUT2D eigenvalue weighted by Crippen LogP contribution is 2.32. The van der Waals surface area contributed by atoms with E-state index in [1.165, 1.54) is 23.0 Å². The Bertz CT molecular complexity index is 1160. The van der Waals surface area contributed by atoms with Crippen LogP contribution in [-0.4, -0.2) is 15.9 Å². The Morgan fingerprint density at radius 1 is 1.10 bits per heavy atom. The van der Waals surface area contributed by atoms with Crippen LogP contribution in [0.3, 0.4) is 0 Å². The molecule has 1 aliphatic carbocycles. The molecule has 1 aromatic heterocycles. The van der Waals surface area contributed by atoms with Gasteiger partial charge in [0.1, 0.15) is 5.82 Å². The van der Waals surface area contributed by atoms with E-state index in [0.717, 1.165) is 48.7 Å². The molecule has 4 rings (SSSR count). The third kappa shape index (κ3) is 4.33. The predicted octanol–water partition coefficient (Wildman–Crippen LogP) is 6.11. The van der Waals surface area contributed by atoms with Gasteiger partial charge in [0.15, 0.2) is 0 Å². The van der Waals surface area contributed by atoms with Gasteiger partial charge in [0, 0.05) is 10.4 Å². The molecular weight excluding hydrogens is 459 g/mol. The van der Waals surface area contributed by atoms with Gasteiger partial charge in [0.05, 0.1) is 22.7 Å². The Kier molecular flexibility index (Phi) is 5.77. The fraction of sp³-hybridized carbons (Fsp3) is 0.318. The Morgan fingerprint density at radius 2 is 1.87 bits per heavy atom. The Hall–Kier alpha value is -2.48. The quantitative estimate of drug-likeness (QED) is 0.427. The Balaban J connectivity index is 1.83. The maximum Gasteiger partial charge on any atom is 0.416 e. The second-order valence-electron chi connectivity index (χ2n) is 7.45. The average molecular weight is 478 g/mol. The van der Waals surface area contributed by atoms with Gasteiger partial charge in [-0.25, -0.2) is 4.98 Å². The fourth-order valence-corrected chi connectivity index (χ4v) is 4.18. The van der Waals surface area contributed by atoms with Gasteiger partial charge in [-0.05, 0) is 48.7 Å². The normalized spacial score (nSPS) is 15.9. The van der Waals surface area contributed by atoms with Crippen molar-refractivity contribution in [2.45, 2.75) is 44.2 Å². The minimum atomic E-state index is -4.44. The summed E-state index contributed by atoms with van der Waals surface area (Å²) in [5, 5.41) is 4.70. The van der Waals surface area contributed by atoms with E-state index in [1.54, 1.807) is 12.1 Å². The van der Waals surface area contributed by atoms with Gasteiger partial charge in [0.25, 0.3) is 5.56 Å². The summed E-state index contributed by atoms with van der Waals surface area (Å²) >= 11 is 3.37. The number of alkyl halides is 3. The van der Waals surface area contributed by atoms with Crippen LogP contribution in [-0.2, 0) is 6.18 Å². The van der Waals surface area contributed by atoms with Crippen LogP contribution in [0.25, 0.3) is 10.9 Å². The molecule has 0 bridgehead atoms. The molecule has 0 N–H and O–H groups in total. The fourth-order valence-electron chi connectivity index (χ4n) is 3.82. The molecule has 30 heavy (non-hydrogen) atoms. The zero-order chi connectivity index (χ0) is 21.3. The number of fused-ring (bicyclic) bond motifs is 1. The van der Waals surface area contributed by atoms with Gasteiger partial charge in [-0.2, -0.15) is 22.9 Å². The molecule has 0 spiro atoms. The van der Waals surface area contributed by atoms with Crippen LogP contribution in [0.5, 0.6) is 0 Å². The van der Waals surface area contributed by atoms with Crippen molar-refractivity contribution < 1.29 is 13.2 Å². The lowest BCUT2D eigenvalue weighted by atomic mass is 9.88. The maximum atomic E-state index is 13.2. The van der Waals surface area contributed by atoms with Gasteiger partial charge < -0.3 is 0 Å². The SMILES string of the molecule is O=c1c2cc(Br)ccc2nc(C2CCCCC2)n1N=Cc1cccc(C(F)(F)F)c1. The van der Waals surface area contributed by atoms with Gasteiger partial charge in [-0.3, -0.25) is 4.79 Å². The first-order valence-corrected chi connectivity index (χ1v) is 10.6. The Labute approximate surface area is 179 Å². The zero-order valence-corrected chi connectivity index (χ0v) is 17.6. The first kappa shape index (κ1) is 20.8. The lowest BCUT2D eigenvalue weighted by Crippen LogP contribution is -2.25. The summed E-state index contributed by atoms with van der Waals surface area (Å²) in [7, 11) is 0. The molecule has 0 saturated heterocycles. The molecule has 1 heterocycles. The third-order valence-corrected chi connectivity index (χ3v) is 5.83. The monoisotopic (exact) mass is 477 g/mol. The number of aromatic nitrogens is 2. The van der Waals surface area contributed by atoms with Crippen LogP contribution < -0.4 is 5.56 Å². The lowest BCUT2D eigenvalue weighted by molar-refractivity contribution is -0.137. The first-order valence-electron chi connectivity index (χ1n) is 9.77. The molecule has 2 aromatic carbocycles. The van der Waals surface area contributed by atoms with E-state index in [4.69, 9.17) is 4.98 Å². The number of hydrogen-bond donors (Lipinski definition) is 0. The van der Waals surface area contributed by atoms with E-state index in [2.05, 4.69) is 21.0 Å². The highest BCUT2D eigenvalue weighted by atomic mass is 79.9. The number of nitrogens with zero attached hydrogens (tertiary/aromatic N) is 3. The zero-order valence-electron chi connectivity index (χ0n) is 16.0. The van der Waals surface area contributed by atoms with Gasteiger partial charge >= 0.3 is 6.18 Å². The van der Waals surface area contributed by atoms with E-state index in [-0.39, 0.29) is 17.0 Å². The first-order chi connectivity index (χ1) is 14.3. The number of benzene rings is 2. The van der Waals surface area contributed by atoms with Crippen LogP contribution in [0, 0.1) is 0 Å². The summed E-state index contributed by atoms with van der Waals surface area (Å²) in [6.07, 6.45) is 1.92. The van der Waals surface area contributed by atoms with E-state index in [1.807, 2.05) is 6.07 Å². The second kappa shape index (κ2) is 8.34. The van der Waals surface area contributed by atoms with Crippen LogP contribution in [0.15, 0.2) is 56.8 Å². The summed E-state index contributed by atoms with van der Waals surface area (Å²) in [6, 6.07) is 10.2. The smallest absolute Gasteiger partial charge is 0.267 e. The highest BCUT2D eigenvalue weighted by molar-refractivity contribution is 9.10. The Morgan fingerprint density at radius 3 is 2.60 bits per heavy atom. The van der Waals surface area contributed by atoms with Crippen molar-refractivity contribution >= 4 is 33.0 Å². The van der Waals surface area contributed by atoms with E-state index < -0.39 is 11.7 Å². The third-order valence-electron chi connectivity index (χ3n) is 5.34. The molecule has 0 unspecified atom stereocenters. The molecule has 4 nitrogen and oxygen atoms in total. The molecule has 0 atom stereocenters. The van der Waals surface area contributed by atoms with Crippen molar-refractivity contribution in [2.75, 3.05) is 0 Å². The van der Waals surface area contributed by atoms with Gasteiger partial charge in [-0.15, -0.1) is 0 Å². The van der Waals surface area contributed by atoms with Crippen LogP contribution in [0.4, 0.5) is 13.2 Å². The molecular formula is C22H19BrF3N3O. The molecule has 0 radical (unpaired) electrons. The minimum Gasteiger partial charge on any atom is -0.267 e. The molecule has 8 heteroatoms. The van der Waals surface area contributed by atoms with Crippen LogP contribution in [0.1, 0.15) is 55.0 Å². The van der Waals surface area contributed by atoms with Crippen molar-refractivity contribution in [1.29, 1.82) is 0 Å². The molecule has 0 aliphatic heterocycles. The van der Waals surface area contributed by atoms with Crippen LogP contribution >= 0.6 is 15.9 Å². The summed E-state index contributed by atoms with van der Waals surface area (Å²) < 4.78 is 41.0. The average Bonchev–Trinajstić information content (AvgIpc) is 2.73. The van der Waals surface area contributed by atoms with E-state index >= 15 is 0 Å². The lowest BCUT2D eigenvalue weighted by Gasteiger charge is -2.22. The largest absolute Gasteiger partial charge is 0.416 e. The minimum absolute atomic E-state index is 0.0955. The topological polar surface area (TPSA) is 47.2 Å². The van der Waals surface area contributed by atoms with Crippen LogP contribution in [0.2, 0.25) is 0 Å². The van der Waals surface area contributed by atoms with Crippen molar-refractivity contribution in [2.24, 2.45) is 5.10 Å². The van der Waals surface area contributed by atoms with Gasteiger partial charge in [-0.1, -0.05) is 47.3 Å². The summed E-state index contributed by atoms with van der Waals surface area (Å²) in [6.45, 7) is 0. The number of hydrogen-bond acceptors (Lipinski definition) is 3. The van der Waals surface area contributed by atoms with Crippen molar-refractivity contribution in [3.05, 3.63) is 74.2 Å². The predicted molar refractivity (Wildman–Crippen MR) is 114 cm³/mol. The van der Waals surface area contributed by atoms with Crippen molar-refractivity contribution in [1.82, 2.24) is 9.66 Å². The summed E-state index contributed by atoms with van der Waals surface area (Å²) in [5.41, 5.74) is -0.230. The second-order valence-corrected chi connectivity index (χ2v) is 8.37. The van der Waals surface area contributed by atoms with Gasteiger partial charge in [0.2, 0.25) is 0 Å². The number of halogens is 4. The molecule has 1 saturated carbocycles. The number of rotatable bonds is 3. The van der Waals surface area contributed by atoms with E-state index in [9.17, 15) is 18.0 Å². The molecule has 156 valence electrons. The molecule has 0 amide bonds. The van der Waals surface area contributed by atoms with Crippen molar-refractivity contribution in [3.8, 4) is 0 Å². The molecule has 1 fully saturated rings. The standard InChI is InChI=1S/C22H19BrF3N3O/c23-17-9-10-19-18(12-17)21(30)29(20(28-19)15-6-2-1-3-7-15)27-13-14-5-4-8-16(11-14)22(24,25)26/h4-5,8-13,15H,1-3,6-7H2.